The standard InChI is InChI=1S/C13H17O.C2H6.K/c1-9(2)12-5-6-13(8-11(4)14)10(3)7-12;1-2;/h5-7,9H,4,8H2,1-3H3;1-2H3;/q-1;;+1. The van der Waals surface area contributed by atoms with Crippen LogP contribution in [0.3, 0.4) is 0 Å². The summed E-state index contributed by atoms with van der Waals surface area (Å²) in [6.07, 6.45) is 0.449. The Morgan fingerprint density at radius 2 is 1.82 bits per heavy atom. The molecule has 0 spiro atoms. The Labute approximate surface area is 149 Å². The van der Waals surface area contributed by atoms with Crippen LogP contribution in [0.2, 0.25) is 0 Å². The van der Waals surface area contributed by atoms with Gasteiger partial charge in [-0.1, -0.05) is 45.9 Å². The van der Waals surface area contributed by atoms with Crippen molar-refractivity contribution in [3.8, 4) is 0 Å². The Bertz CT molecular complexity index is 343. The molecule has 2 heteroatoms. The van der Waals surface area contributed by atoms with Gasteiger partial charge in [-0.15, -0.1) is 0 Å². The van der Waals surface area contributed by atoms with E-state index in [4.69, 9.17) is 0 Å². The third kappa shape index (κ3) is 7.42. The Morgan fingerprint density at radius 3 is 2.18 bits per heavy atom. The molecule has 0 fully saturated rings. The normalized spacial score (nSPS) is 9.06. The van der Waals surface area contributed by atoms with Crippen molar-refractivity contribution in [3.63, 3.8) is 0 Å². The van der Waals surface area contributed by atoms with E-state index in [9.17, 15) is 4.79 Å². The van der Waals surface area contributed by atoms with Crippen molar-refractivity contribution in [3.05, 3.63) is 41.8 Å². The first-order valence-electron chi connectivity index (χ1n) is 5.95. The van der Waals surface area contributed by atoms with Gasteiger partial charge in [-0.05, 0) is 29.5 Å². The summed E-state index contributed by atoms with van der Waals surface area (Å²) >= 11 is 0. The van der Waals surface area contributed by atoms with Crippen LogP contribution in [0.1, 0.15) is 50.3 Å². The van der Waals surface area contributed by atoms with E-state index in [1.165, 1.54) is 11.1 Å². The van der Waals surface area contributed by atoms with Crippen LogP contribution in [0, 0.1) is 13.8 Å². The average molecular weight is 258 g/mol. The smallest absolute Gasteiger partial charge is 0.339 e. The zero-order valence-corrected chi connectivity index (χ0v) is 15.3. The van der Waals surface area contributed by atoms with E-state index in [1.54, 1.807) is 0 Å². The molecule has 0 aromatic heterocycles. The maximum atomic E-state index is 10.9. The SMILES string of the molecule is CC.[CH2-]C(=O)Cc1ccc(C(C)C)cc1C.[K+]. The zero-order valence-electron chi connectivity index (χ0n) is 12.1. The summed E-state index contributed by atoms with van der Waals surface area (Å²) in [6, 6.07) is 6.28. The van der Waals surface area contributed by atoms with Crippen molar-refractivity contribution in [2.45, 2.75) is 47.0 Å². The molecular weight excluding hydrogens is 235 g/mol. The van der Waals surface area contributed by atoms with Gasteiger partial charge in [-0.2, -0.15) is 0 Å². The number of carbonyl (C=O) groups excluding carboxylic acids is 1. The predicted octanol–water partition coefficient (Wildman–Crippen LogP) is 1.09. The van der Waals surface area contributed by atoms with E-state index in [-0.39, 0.29) is 57.2 Å². The summed E-state index contributed by atoms with van der Waals surface area (Å²) in [6.45, 7) is 13.8. The van der Waals surface area contributed by atoms with Crippen LogP contribution in [0.15, 0.2) is 18.2 Å². The van der Waals surface area contributed by atoms with Crippen LogP contribution in [-0.2, 0) is 11.2 Å². The van der Waals surface area contributed by atoms with Gasteiger partial charge in [-0.3, -0.25) is 0 Å². The summed E-state index contributed by atoms with van der Waals surface area (Å²) in [5.74, 6) is 0.517. The predicted molar refractivity (Wildman–Crippen MR) is 70.7 cm³/mol. The van der Waals surface area contributed by atoms with E-state index >= 15 is 0 Å². The maximum Gasteiger partial charge on any atom is 1.00 e. The van der Waals surface area contributed by atoms with E-state index in [0.717, 1.165) is 5.56 Å². The fourth-order valence-electron chi connectivity index (χ4n) is 1.49. The van der Waals surface area contributed by atoms with Crippen LogP contribution in [0.25, 0.3) is 0 Å². The molecule has 1 rings (SSSR count). The van der Waals surface area contributed by atoms with E-state index in [0.29, 0.717) is 12.3 Å². The molecule has 0 radical (unpaired) electrons. The first-order valence-corrected chi connectivity index (χ1v) is 5.95. The van der Waals surface area contributed by atoms with Gasteiger partial charge in [0.2, 0.25) is 0 Å². The molecule has 0 heterocycles. The summed E-state index contributed by atoms with van der Waals surface area (Å²) < 4.78 is 0. The number of hydrogen-bond donors (Lipinski definition) is 0. The second-order valence-corrected chi connectivity index (χ2v) is 4.06. The van der Waals surface area contributed by atoms with Gasteiger partial charge in [0.25, 0.3) is 0 Å². The first-order chi connectivity index (χ1) is 7.50. The molecule has 1 aromatic rings. The van der Waals surface area contributed by atoms with Crippen molar-refractivity contribution >= 4 is 5.78 Å². The fourth-order valence-corrected chi connectivity index (χ4v) is 1.49. The molecule has 0 saturated carbocycles. The molecular formula is C15H23KO. The quantitative estimate of drug-likeness (QED) is 0.586. The summed E-state index contributed by atoms with van der Waals surface area (Å²) in [4.78, 5) is 10.9. The van der Waals surface area contributed by atoms with Crippen LogP contribution in [-0.4, -0.2) is 5.78 Å². The number of carbonyl (C=O) groups is 1. The number of aryl methyl sites for hydroxylation is 1. The Balaban J connectivity index is 0. The fraction of sp³-hybridized carbons (Fsp3) is 0.467. The van der Waals surface area contributed by atoms with Crippen molar-refractivity contribution in [2.24, 2.45) is 0 Å². The molecule has 0 atom stereocenters. The minimum absolute atomic E-state index is 0. The number of rotatable bonds is 3. The molecule has 0 bridgehead atoms. The topological polar surface area (TPSA) is 17.1 Å². The minimum Gasteiger partial charge on any atom is -0.339 e. The van der Waals surface area contributed by atoms with Crippen LogP contribution < -0.4 is 51.4 Å². The molecule has 0 aliphatic rings. The van der Waals surface area contributed by atoms with Gasteiger partial charge in [0.1, 0.15) is 0 Å². The zero-order chi connectivity index (χ0) is 12.7. The molecule has 1 nitrogen and oxygen atoms in total. The third-order valence-corrected chi connectivity index (χ3v) is 2.42. The van der Waals surface area contributed by atoms with Gasteiger partial charge in [0.05, 0.1) is 0 Å². The molecule has 0 saturated heterocycles. The van der Waals surface area contributed by atoms with Crippen molar-refractivity contribution < 1.29 is 56.2 Å². The number of hydrogen-bond acceptors (Lipinski definition) is 1. The summed E-state index contributed by atoms with van der Waals surface area (Å²) in [5, 5.41) is 0. The van der Waals surface area contributed by atoms with Gasteiger partial charge >= 0.3 is 51.4 Å². The monoisotopic (exact) mass is 258 g/mol. The number of Topliss-reactive ketones (excluding diaryl/α,β-unsaturated/α-hetero) is 1. The van der Waals surface area contributed by atoms with E-state index in [2.05, 4.69) is 32.9 Å². The summed E-state index contributed by atoms with van der Waals surface area (Å²) in [7, 11) is 0. The van der Waals surface area contributed by atoms with Gasteiger partial charge in [0, 0.05) is 12.2 Å². The molecule has 90 valence electrons. The van der Waals surface area contributed by atoms with Gasteiger partial charge in [0.15, 0.2) is 0 Å². The molecule has 0 aliphatic carbocycles. The Hall–Kier alpha value is 0.396. The molecule has 0 unspecified atom stereocenters. The Kier molecular flexibility index (Phi) is 12.0. The third-order valence-electron chi connectivity index (χ3n) is 2.42. The van der Waals surface area contributed by atoms with Crippen molar-refractivity contribution in [1.82, 2.24) is 0 Å². The van der Waals surface area contributed by atoms with Gasteiger partial charge in [-0.25, -0.2) is 0 Å². The molecule has 0 N–H and O–H groups in total. The minimum atomic E-state index is -0.0228. The number of ketones is 1. The van der Waals surface area contributed by atoms with Crippen LogP contribution in [0.5, 0.6) is 0 Å². The van der Waals surface area contributed by atoms with Crippen LogP contribution >= 0.6 is 0 Å². The molecule has 1 aromatic carbocycles. The molecule has 17 heavy (non-hydrogen) atoms. The number of benzene rings is 1. The maximum absolute atomic E-state index is 10.9. The van der Waals surface area contributed by atoms with Crippen molar-refractivity contribution in [1.29, 1.82) is 0 Å². The first kappa shape index (κ1) is 19.7. The van der Waals surface area contributed by atoms with Crippen molar-refractivity contribution in [2.75, 3.05) is 0 Å². The van der Waals surface area contributed by atoms with Crippen LogP contribution in [0.4, 0.5) is 0 Å². The Morgan fingerprint density at radius 1 is 1.29 bits per heavy atom. The van der Waals surface area contributed by atoms with Gasteiger partial charge < -0.3 is 11.7 Å². The molecule has 0 amide bonds. The second kappa shape index (κ2) is 10.3. The average Bonchev–Trinajstić information content (AvgIpc) is 2.23. The van der Waals surface area contributed by atoms with E-state index < -0.39 is 0 Å². The second-order valence-electron chi connectivity index (χ2n) is 4.06. The molecule has 0 aliphatic heterocycles. The summed E-state index contributed by atoms with van der Waals surface area (Å²) in [5.41, 5.74) is 3.60. The largest absolute Gasteiger partial charge is 1.00 e. The van der Waals surface area contributed by atoms with E-state index in [1.807, 2.05) is 26.8 Å².